The molecule has 0 N–H and O–H groups in total. The standard InChI is InChI=1S/C13H8BrNO2S/c14-12-6-5-11(18-12)9(16)7-13-15-8-3-1-2-4-10(8)17-13/h1-6H,7H2. The van der Waals surface area contributed by atoms with Crippen LogP contribution in [0.4, 0.5) is 0 Å². The number of aromatic nitrogens is 1. The van der Waals surface area contributed by atoms with E-state index < -0.39 is 0 Å². The fraction of sp³-hybridized carbons (Fsp3) is 0.0769. The number of benzene rings is 1. The second-order valence-corrected chi connectivity index (χ2v) is 6.24. The van der Waals surface area contributed by atoms with Crippen LogP contribution in [0.2, 0.25) is 0 Å². The lowest BCUT2D eigenvalue weighted by molar-refractivity contribution is 0.0990. The van der Waals surface area contributed by atoms with Gasteiger partial charge in [-0.3, -0.25) is 4.79 Å². The summed E-state index contributed by atoms with van der Waals surface area (Å²) < 4.78 is 6.48. The first-order valence-corrected chi connectivity index (χ1v) is 6.96. The van der Waals surface area contributed by atoms with Crippen LogP contribution in [0.5, 0.6) is 0 Å². The van der Waals surface area contributed by atoms with Crippen molar-refractivity contribution in [3.05, 3.63) is 51.0 Å². The van der Waals surface area contributed by atoms with E-state index in [0.29, 0.717) is 16.4 Å². The van der Waals surface area contributed by atoms with E-state index in [1.165, 1.54) is 11.3 Å². The second kappa shape index (κ2) is 4.66. The monoisotopic (exact) mass is 321 g/mol. The van der Waals surface area contributed by atoms with Crippen LogP contribution in [0.3, 0.4) is 0 Å². The minimum Gasteiger partial charge on any atom is -0.440 e. The molecule has 0 saturated heterocycles. The molecule has 0 spiro atoms. The van der Waals surface area contributed by atoms with Crippen molar-refractivity contribution in [2.24, 2.45) is 0 Å². The normalized spacial score (nSPS) is 10.9. The minimum atomic E-state index is 0.0252. The Hall–Kier alpha value is -1.46. The number of nitrogens with zero attached hydrogens (tertiary/aromatic N) is 1. The zero-order chi connectivity index (χ0) is 12.5. The van der Waals surface area contributed by atoms with Crippen molar-refractivity contribution < 1.29 is 9.21 Å². The van der Waals surface area contributed by atoms with Crippen molar-refractivity contribution in [1.29, 1.82) is 0 Å². The van der Waals surface area contributed by atoms with Crippen molar-refractivity contribution in [2.45, 2.75) is 6.42 Å². The van der Waals surface area contributed by atoms with E-state index in [0.717, 1.165) is 9.30 Å². The number of thiophene rings is 1. The molecule has 18 heavy (non-hydrogen) atoms. The number of rotatable bonds is 3. The lowest BCUT2D eigenvalue weighted by Gasteiger charge is -1.92. The summed E-state index contributed by atoms with van der Waals surface area (Å²) in [7, 11) is 0. The predicted octanol–water partition coefficient (Wildman–Crippen LogP) is 4.08. The molecular formula is C13H8BrNO2S. The fourth-order valence-corrected chi connectivity index (χ4v) is 3.01. The average Bonchev–Trinajstić information content (AvgIpc) is 2.94. The van der Waals surface area contributed by atoms with E-state index >= 15 is 0 Å². The highest BCUT2D eigenvalue weighted by Crippen LogP contribution is 2.24. The summed E-state index contributed by atoms with van der Waals surface area (Å²) in [4.78, 5) is 17.0. The van der Waals surface area contributed by atoms with Crippen LogP contribution in [0.1, 0.15) is 15.6 Å². The molecule has 2 aromatic heterocycles. The van der Waals surface area contributed by atoms with Gasteiger partial charge in [-0.15, -0.1) is 11.3 Å². The number of hydrogen-bond acceptors (Lipinski definition) is 4. The molecule has 3 nitrogen and oxygen atoms in total. The van der Waals surface area contributed by atoms with E-state index in [-0.39, 0.29) is 12.2 Å². The fourth-order valence-electron chi connectivity index (χ4n) is 1.68. The number of para-hydroxylation sites is 2. The molecule has 0 saturated carbocycles. The van der Waals surface area contributed by atoms with Crippen molar-refractivity contribution >= 4 is 44.1 Å². The van der Waals surface area contributed by atoms with Crippen molar-refractivity contribution in [2.75, 3.05) is 0 Å². The lowest BCUT2D eigenvalue weighted by atomic mass is 10.2. The molecule has 0 unspecified atom stereocenters. The van der Waals surface area contributed by atoms with E-state index in [4.69, 9.17) is 4.42 Å². The highest BCUT2D eigenvalue weighted by atomic mass is 79.9. The van der Waals surface area contributed by atoms with Gasteiger partial charge in [0.1, 0.15) is 5.52 Å². The summed E-state index contributed by atoms with van der Waals surface area (Å²) >= 11 is 4.76. The molecule has 2 heterocycles. The van der Waals surface area contributed by atoms with Crippen LogP contribution in [-0.4, -0.2) is 10.8 Å². The molecule has 0 aliphatic rings. The van der Waals surface area contributed by atoms with Gasteiger partial charge in [-0.05, 0) is 40.2 Å². The van der Waals surface area contributed by atoms with Gasteiger partial charge in [0.05, 0.1) is 15.1 Å². The number of halogens is 1. The Bertz CT molecular complexity index is 683. The van der Waals surface area contributed by atoms with Crippen molar-refractivity contribution in [3.8, 4) is 0 Å². The molecule has 0 radical (unpaired) electrons. The van der Waals surface area contributed by atoms with Gasteiger partial charge >= 0.3 is 0 Å². The highest BCUT2D eigenvalue weighted by Gasteiger charge is 2.13. The van der Waals surface area contributed by atoms with Crippen LogP contribution < -0.4 is 0 Å². The molecule has 0 bridgehead atoms. The van der Waals surface area contributed by atoms with Gasteiger partial charge in [-0.2, -0.15) is 0 Å². The average molecular weight is 322 g/mol. The van der Waals surface area contributed by atoms with Gasteiger partial charge in [0, 0.05) is 0 Å². The number of hydrogen-bond donors (Lipinski definition) is 0. The molecule has 0 aliphatic carbocycles. The molecule has 0 aliphatic heterocycles. The Morgan fingerprint density at radius 1 is 1.28 bits per heavy atom. The van der Waals surface area contributed by atoms with Crippen LogP contribution in [0.15, 0.2) is 44.6 Å². The Kier molecular flexibility index (Phi) is 3.01. The van der Waals surface area contributed by atoms with Gasteiger partial charge in [-0.25, -0.2) is 4.98 Å². The van der Waals surface area contributed by atoms with Gasteiger partial charge in [0.15, 0.2) is 11.4 Å². The summed E-state index contributed by atoms with van der Waals surface area (Å²) in [5, 5.41) is 0. The van der Waals surface area contributed by atoms with Crippen LogP contribution >= 0.6 is 27.3 Å². The van der Waals surface area contributed by atoms with Crippen molar-refractivity contribution in [1.82, 2.24) is 4.98 Å². The maximum absolute atomic E-state index is 12.0. The van der Waals surface area contributed by atoms with Crippen LogP contribution in [-0.2, 0) is 6.42 Å². The lowest BCUT2D eigenvalue weighted by Crippen LogP contribution is -2.00. The molecule has 1 aromatic carbocycles. The van der Waals surface area contributed by atoms with E-state index in [1.807, 2.05) is 30.3 Å². The summed E-state index contributed by atoms with van der Waals surface area (Å²) in [6.07, 6.45) is 0.196. The third-order valence-electron chi connectivity index (χ3n) is 2.50. The summed E-state index contributed by atoms with van der Waals surface area (Å²) in [6, 6.07) is 11.2. The first kappa shape index (κ1) is 11.6. The summed E-state index contributed by atoms with van der Waals surface area (Å²) in [6.45, 7) is 0. The molecule has 3 aromatic rings. The highest BCUT2D eigenvalue weighted by molar-refractivity contribution is 9.11. The first-order valence-electron chi connectivity index (χ1n) is 5.35. The third kappa shape index (κ3) is 2.23. The number of oxazole rings is 1. The quantitative estimate of drug-likeness (QED) is 0.683. The van der Waals surface area contributed by atoms with Gasteiger partial charge in [0.25, 0.3) is 0 Å². The maximum Gasteiger partial charge on any atom is 0.203 e. The van der Waals surface area contributed by atoms with Gasteiger partial charge < -0.3 is 4.42 Å². The largest absolute Gasteiger partial charge is 0.440 e. The number of fused-ring (bicyclic) bond motifs is 1. The SMILES string of the molecule is O=C(Cc1nc2ccccc2o1)c1ccc(Br)s1. The van der Waals surface area contributed by atoms with Crippen molar-refractivity contribution in [3.63, 3.8) is 0 Å². The van der Waals surface area contributed by atoms with E-state index in [9.17, 15) is 4.79 Å². The Labute approximate surface area is 116 Å². The number of Topliss-reactive ketones (excluding diaryl/α,β-unsaturated/α-hetero) is 1. The van der Waals surface area contributed by atoms with E-state index in [1.54, 1.807) is 6.07 Å². The summed E-state index contributed by atoms with van der Waals surface area (Å²) in [5.74, 6) is 0.489. The molecule has 5 heteroatoms. The van der Waals surface area contributed by atoms with Crippen LogP contribution in [0, 0.1) is 0 Å². The Morgan fingerprint density at radius 2 is 2.11 bits per heavy atom. The Morgan fingerprint density at radius 3 is 2.83 bits per heavy atom. The molecule has 3 rings (SSSR count). The molecule has 90 valence electrons. The number of carbonyl (C=O) groups is 1. The predicted molar refractivity (Wildman–Crippen MR) is 74.1 cm³/mol. The van der Waals surface area contributed by atoms with Crippen LogP contribution in [0.25, 0.3) is 11.1 Å². The minimum absolute atomic E-state index is 0.0252. The zero-order valence-electron chi connectivity index (χ0n) is 9.22. The molecule has 0 fully saturated rings. The summed E-state index contributed by atoms with van der Waals surface area (Å²) in [5.41, 5.74) is 1.50. The number of ketones is 1. The van der Waals surface area contributed by atoms with E-state index in [2.05, 4.69) is 20.9 Å². The molecule has 0 amide bonds. The second-order valence-electron chi connectivity index (χ2n) is 3.78. The van der Waals surface area contributed by atoms with Gasteiger partial charge in [-0.1, -0.05) is 12.1 Å². The Balaban J connectivity index is 1.86. The topological polar surface area (TPSA) is 43.1 Å². The maximum atomic E-state index is 12.0. The molecular weight excluding hydrogens is 314 g/mol. The zero-order valence-corrected chi connectivity index (χ0v) is 11.6. The third-order valence-corrected chi connectivity index (χ3v) is 4.16. The first-order chi connectivity index (χ1) is 8.72. The number of carbonyl (C=O) groups excluding carboxylic acids is 1. The molecule has 0 atom stereocenters. The smallest absolute Gasteiger partial charge is 0.203 e. The van der Waals surface area contributed by atoms with Gasteiger partial charge in [0.2, 0.25) is 5.89 Å².